The molecule has 2 heterocycles. The average Bonchev–Trinajstić information content (AvgIpc) is 3.12. The number of halogens is 3. The minimum Gasteiger partial charge on any atom is -0.493 e. The molecule has 0 saturated carbocycles. The maximum absolute atomic E-state index is 13.5. The summed E-state index contributed by atoms with van der Waals surface area (Å²) >= 11 is 5.13. The molecule has 176 valence electrons. The number of carbonyl (C=O) groups excluding carboxylic acids is 1. The summed E-state index contributed by atoms with van der Waals surface area (Å²) in [5.41, 5.74) is 1.29. The third-order valence-electron chi connectivity index (χ3n) is 4.87. The second-order valence-electron chi connectivity index (χ2n) is 7.49. The van der Waals surface area contributed by atoms with Crippen LogP contribution < -0.4 is 15.4 Å². The van der Waals surface area contributed by atoms with Crippen LogP contribution in [-0.2, 0) is 6.18 Å². The van der Waals surface area contributed by atoms with Crippen LogP contribution in [0.2, 0.25) is 0 Å². The summed E-state index contributed by atoms with van der Waals surface area (Å²) in [6.07, 6.45) is -0.732. The molecule has 0 atom stereocenters. The van der Waals surface area contributed by atoms with Crippen molar-refractivity contribution in [3.63, 3.8) is 0 Å². The Kier molecular flexibility index (Phi) is 7.52. The molecular formula is C22H24F3N5O2S. The summed E-state index contributed by atoms with van der Waals surface area (Å²) in [6.45, 7) is 5.72. The van der Waals surface area contributed by atoms with Crippen LogP contribution in [0, 0.1) is 13.8 Å². The Morgan fingerprint density at radius 1 is 1.21 bits per heavy atom. The normalized spacial score (nSPS) is 11.5. The van der Waals surface area contributed by atoms with Crippen molar-refractivity contribution in [3.8, 4) is 5.75 Å². The first-order valence-corrected chi connectivity index (χ1v) is 10.8. The molecule has 7 nitrogen and oxygen atoms in total. The summed E-state index contributed by atoms with van der Waals surface area (Å²) in [5, 5.41) is 9.22. The van der Waals surface area contributed by atoms with E-state index in [9.17, 15) is 18.0 Å². The van der Waals surface area contributed by atoms with Gasteiger partial charge >= 0.3 is 6.18 Å². The number of ether oxygens (including phenoxy) is 1. The number of hydrogen-bond acceptors (Lipinski definition) is 5. The molecule has 0 aliphatic carbocycles. The van der Waals surface area contributed by atoms with Crippen molar-refractivity contribution in [2.75, 3.05) is 11.9 Å². The molecular weight excluding hydrogens is 455 g/mol. The number of aromatic nitrogens is 3. The van der Waals surface area contributed by atoms with E-state index in [-0.39, 0.29) is 28.7 Å². The lowest BCUT2D eigenvalue weighted by molar-refractivity contribution is -0.138. The van der Waals surface area contributed by atoms with Crippen LogP contribution in [-0.4, -0.2) is 32.2 Å². The monoisotopic (exact) mass is 479 g/mol. The van der Waals surface area contributed by atoms with E-state index in [1.807, 2.05) is 13.8 Å². The van der Waals surface area contributed by atoms with Crippen molar-refractivity contribution >= 4 is 34.6 Å². The summed E-state index contributed by atoms with van der Waals surface area (Å²) in [4.78, 5) is 16.8. The van der Waals surface area contributed by atoms with Crippen LogP contribution in [0.3, 0.4) is 0 Å². The smallest absolute Gasteiger partial charge is 0.420 e. The Balaban J connectivity index is 1.71. The Bertz CT molecular complexity index is 1180. The third-order valence-corrected chi connectivity index (χ3v) is 5.07. The number of rotatable bonds is 7. The van der Waals surface area contributed by atoms with Gasteiger partial charge < -0.3 is 10.1 Å². The molecule has 0 aliphatic heterocycles. The molecule has 3 rings (SSSR count). The molecule has 2 N–H and O–H groups in total. The number of aryl methyl sites for hydroxylation is 2. The topological polar surface area (TPSA) is 80.5 Å². The molecule has 0 radical (unpaired) electrons. The van der Waals surface area contributed by atoms with Crippen molar-refractivity contribution in [3.05, 3.63) is 53.0 Å². The van der Waals surface area contributed by atoms with Crippen molar-refractivity contribution in [2.45, 2.75) is 46.2 Å². The highest BCUT2D eigenvalue weighted by Gasteiger charge is 2.35. The molecule has 33 heavy (non-hydrogen) atoms. The van der Waals surface area contributed by atoms with Crippen LogP contribution in [0.1, 0.15) is 53.5 Å². The van der Waals surface area contributed by atoms with Gasteiger partial charge in [-0.15, -0.1) is 0 Å². The molecule has 0 saturated heterocycles. The fraction of sp³-hybridized carbons (Fsp3) is 0.364. The van der Waals surface area contributed by atoms with Gasteiger partial charge in [0.1, 0.15) is 5.75 Å². The van der Waals surface area contributed by atoms with Gasteiger partial charge in [-0.25, -0.2) is 9.50 Å². The number of benzene rings is 1. The second kappa shape index (κ2) is 10.2. The third kappa shape index (κ3) is 5.98. The number of amides is 1. The van der Waals surface area contributed by atoms with Gasteiger partial charge in [0.05, 0.1) is 29.1 Å². The van der Waals surface area contributed by atoms with Crippen molar-refractivity contribution < 1.29 is 22.7 Å². The number of unbranched alkanes of at least 4 members (excludes halogenated alkanes) is 2. The van der Waals surface area contributed by atoms with Crippen LogP contribution in [0.4, 0.5) is 18.9 Å². The fourth-order valence-corrected chi connectivity index (χ4v) is 3.42. The first-order chi connectivity index (χ1) is 15.6. The Hall–Kier alpha value is -3.21. The van der Waals surface area contributed by atoms with Gasteiger partial charge in [-0.2, -0.15) is 18.3 Å². The number of fused-ring (bicyclic) bond motifs is 1. The van der Waals surface area contributed by atoms with Crippen LogP contribution >= 0.6 is 12.2 Å². The summed E-state index contributed by atoms with van der Waals surface area (Å²) in [6, 6.07) is 5.33. The minimum atomic E-state index is -4.61. The molecule has 11 heteroatoms. The van der Waals surface area contributed by atoms with Crippen LogP contribution in [0.25, 0.3) is 5.65 Å². The SMILES string of the molecule is CCCCCOc1ccc(NC(=S)NC(=O)c2cnc3cc(C)nn3c2C)cc1C(F)(F)F. The van der Waals surface area contributed by atoms with Crippen LogP contribution in [0.15, 0.2) is 30.5 Å². The first-order valence-electron chi connectivity index (χ1n) is 10.4. The molecule has 0 unspecified atom stereocenters. The number of anilines is 1. The predicted molar refractivity (Wildman–Crippen MR) is 123 cm³/mol. The van der Waals surface area contributed by atoms with Gasteiger partial charge in [0.2, 0.25) is 0 Å². The van der Waals surface area contributed by atoms with Gasteiger partial charge in [-0.1, -0.05) is 19.8 Å². The highest BCUT2D eigenvalue weighted by Crippen LogP contribution is 2.38. The summed E-state index contributed by atoms with van der Waals surface area (Å²) in [5.74, 6) is -0.803. The zero-order valence-corrected chi connectivity index (χ0v) is 19.2. The number of alkyl halides is 3. The van der Waals surface area contributed by atoms with Crippen LogP contribution in [0.5, 0.6) is 5.75 Å². The zero-order valence-electron chi connectivity index (χ0n) is 18.4. The van der Waals surface area contributed by atoms with Gasteiger partial charge in [-0.3, -0.25) is 10.1 Å². The Morgan fingerprint density at radius 2 is 1.97 bits per heavy atom. The Morgan fingerprint density at radius 3 is 2.67 bits per heavy atom. The molecule has 1 amide bonds. The fourth-order valence-electron chi connectivity index (χ4n) is 3.21. The largest absolute Gasteiger partial charge is 0.493 e. The summed E-state index contributed by atoms with van der Waals surface area (Å²) < 4.78 is 47.4. The standard InChI is InChI=1S/C22H24F3N5O2S/c1-4-5-6-9-32-18-8-7-15(11-17(18)22(23,24)25)27-21(33)28-20(31)16-12-26-19-10-13(2)29-30(19)14(16)3/h7-8,10-12H,4-6,9H2,1-3H3,(H2,27,28,31,33). The maximum Gasteiger partial charge on any atom is 0.420 e. The van der Waals surface area contributed by atoms with E-state index in [4.69, 9.17) is 17.0 Å². The lowest BCUT2D eigenvalue weighted by Gasteiger charge is -2.16. The van der Waals surface area contributed by atoms with Crippen molar-refractivity contribution in [1.29, 1.82) is 0 Å². The van der Waals surface area contributed by atoms with Crippen molar-refractivity contribution in [2.24, 2.45) is 0 Å². The van der Waals surface area contributed by atoms with E-state index >= 15 is 0 Å². The minimum absolute atomic E-state index is 0.0709. The van der Waals surface area contributed by atoms with E-state index in [1.165, 1.54) is 22.8 Å². The first kappa shape index (κ1) is 24.4. The van der Waals surface area contributed by atoms with E-state index in [0.717, 1.165) is 24.6 Å². The van der Waals surface area contributed by atoms with Gasteiger partial charge in [-0.05, 0) is 50.7 Å². The summed E-state index contributed by atoms with van der Waals surface area (Å²) in [7, 11) is 0. The molecule has 0 aliphatic rings. The highest BCUT2D eigenvalue weighted by molar-refractivity contribution is 7.80. The van der Waals surface area contributed by atoms with Gasteiger partial charge in [0, 0.05) is 18.0 Å². The second-order valence-corrected chi connectivity index (χ2v) is 7.89. The highest BCUT2D eigenvalue weighted by atomic mass is 32.1. The number of nitrogens with one attached hydrogen (secondary N) is 2. The lowest BCUT2D eigenvalue weighted by atomic mass is 10.1. The predicted octanol–water partition coefficient (Wildman–Crippen LogP) is 5.06. The lowest BCUT2D eigenvalue weighted by Crippen LogP contribution is -2.35. The van der Waals surface area contributed by atoms with E-state index in [1.54, 1.807) is 13.0 Å². The van der Waals surface area contributed by atoms with E-state index in [2.05, 4.69) is 20.7 Å². The average molecular weight is 480 g/mol. The number of nitrogens with zero attached hydrogens (tertiary/aromatic N) is 3. The van der Waals surface area contributed by atoms with Gasteiger partial charge in [0.15, 0.2) is 10.8 Å². The number of hydrogen-bond donors (Lipinski definition) is 2. The molecule has 2 aromatic heterocycles. The quantitative estimate of drug-likeness (QED) is 0.364. The number of thiocarbonyl (C=S) groups is 1. The van der Waals surface area contributed by atoms with E-state index in [0.29, 0.717) is 17.8 Å². The Labute approximate surface area is 194 Å². The number of carbonyl (C=O) groups is 1. The maximum atomic E-state index is 13.5. The molecule has 0 spiro atoms. The molecule has 0 bridgehead atoms. The van der Waals surface area contributed by atoms with Crippen molar-refractivity contribution in [1.82, 2.24) is 19.9 Å². The zero-order chi connectivity index (χ0) is 24.2. The van der Waals surface area contributed by atoms with Gasteiger partial charge in [0.25, 0.3) is 5.91 Å². The molecule has 3 aromatic rings. The molecule has 1 aromatic carbocycles. The van der Waals surface area contributed by atoms with E-state index < -0.39 is 17.6 Å². The molecule has 0 fully saturated rings.